The van der Waals surface area contributed by atoms with E-state index in [9.17, 15) is 4.79 Å². The number of ether oxygens (including phenoxy) is 1. The first kappa shape index (κ1) is 21.0. The van der Waals surface area contributed by atoms with Gasteiger partial charge in [-0.15, -0.1) is 0 Å². The van der Waals surface area contributed by atoms with Gasteiger partial charge >= 0.3 is 6.09 Å². The Morgan fingerprint density at radius 1 is 1.42 bits per heavy atom. The summed E-state index contributed by atoms with van der Waals surface area (Å²) < 4.78 is 6.75. The smallest absolute Gasteiger partial charge is 0.410 e. The molecule has 0 heterocycles. The van der Waals surface area contributed by atoms with Crippen molar-refractivity contribution in [3.05, 3.63) is 33.9 Å². The number of carbonyl (C=O) groups excluding carboxylic acids is 1. The van der Waals surface area contributed by atoms with Crippen molar-refractivity contribution in [3.8, 4) is 0 Å². The standard InChI is InChI=1S/C20H32BrNO2/c1-7-12-22(19(23)24-20(4,5)6)14-15(2)13-17-11-9-8-10-16(3)18(17)21/h8-10,15H,7,11-14H2,1-6H3. The maximum atomic E-state index is 12.4. The topological polar surface area (TPSA) is 29.5 Å². The van der Waals surface area contributed by atoms with Gasteiger partial charge < -0.3 is 9.64 Å². The average molecular weight is 398 g/mol. The fourth-order valence-electron chi connectivity index (χ4n) is 2.75. The molecule has 0 fully saturated rings. The molecular formula is C20H32BrNO2. The minimum absolute atomic E-state index is 0.207. The number of hydrogen-bond donors (Lipinski definition) is 0. The number of rotatable bonds is 6. The summed E-state index contributed by atoms with van der Waals surface area (Å²) in [6.45, 7) is 13.6. The van der Waals surface area contributed by atoms with Crippen LogP contribution in [0.4, 0.5) is 4.79 Å². The Kier molecular flexibility index (Phi) is 8.28. The first-order valence-electron chi connectivity index (χ1n) is 8.83. The highest BCUT2D eigenvalue weighted by Crippen LogP contribution is 2.30. The van der Waals surface area contributed by atoms with E-state index in [1.54, 1.807) is 0 Å². The zero-order chi connectivity index (χ0) is 18.3. The quantitative estimate of drug-likeness (QED) is 0.532. The van der Waals surface area contributed by atoms with Gasteiger partial charge in [0.15, 0.2) is 0 Å². The van der Waals surface area contributed by atoms with Crippen molar-refractivity contribution in [3.63, 3.8) is 0 Å². The lowest BCUT2D eigenvalue weighted by Crippen LogP contribution is -2.39. The summed E-state index contributed by atoms with van der Waals surface area (Å²) in [5.41, 5.74) is 2.19. The second-order valence-corrected chi connectivity index (χ2v) is 8.43. The van der Waals surface area contributed by atoms with Crippen LogP contribution in [0.15, 0.2) is 33.9 Å². The molecule has 24 heavy (non-hydrogen) atoms. The summed E-state index contributed by atoms with van der Waals surface area (Å²) in [6.07, 6.45) is 9.09. The molecule has 1 amide bonds. The van der Waals surface area contributed by atoms with E-state index in [-0.39, 0.29) is 6.09 Å². The van der Waals surface area contributed by atoms with Crippen molar-refractivity contribution in [1.29, 1.82) is 0 Å². The molecule has 0 aliphatic heterocycles. The van der Waals surface area contributed by atoms with Crippen molar-refractivity contribution in [1.82, 2.24) is 4.90 Å². The van der Waals surface area contributed by atoms with Crippen molar-refractivity contribution in [2.24, 2.45) is 5.92 Å². The summed E-state index contributed by atoms with van der Waals surface area (Å²) in [5, 5.41) is 0. The van der Waals surface area contributed by atoms with Crippen LogP contribution < -0.4 is 0 Å². The summed E-state index contributed by atoms with van der Waals surface area (Å²) >= 11 is 3.73. The van der Waals surface area contributed by atoms with Gasteiger partial charge in [-0.25, -0.2) is 4.79 Å². The van der Waals surface area contributed by atoms with Gasteiger partial charge in [-0.2, -0.15) is 0 Å². The predicted molar refractivity (Wildman–Crippen MR) is 105 cm³/mol. The van der Waals surface area contributed by atoms with E-state index in [2.05, 4.69) is 54.9 Å². The van der Waals surface area contributed by atoms with Crippen molar-refractivity contribution >= 4 is 22.0 Å². The molecule has 1 rings (SSSR count). The second-order valence-electron chi connectivity index (χ2n) is 7.64. The largest absolute Gasteiger partial charge is 0.444 e. The number of carbonyl (C=O) groups is 1. The van der Waals surface area contributed by atoms with Crippen LogP contribution >= 0.6 is 15.9 Å². The van der Waals surface area contributed by atoms with Crippen LogP contribution in [0.2, 0.25) is 0 Å². The molecular weight excluding hydrogens is 366 g/mol. The molecule has 0 aromatic heterocycles. The third-order valence-electron chi connectivity index (χ3n) is 3.78. The molecule has 1 unspecified atom stereocenters. The number of amides is 1. The summed E-state index contributed by atoms with van der Waals surface area (Å²) in [6, 6.07) is 0. The minimum Gasteiger partial charge on any atom is -0.444 e. The lowest BCUT2D eigenvalue weighted by atomic mass is 9.97. The van der Waals surface area contributed by atoms with Crippen LogP contribution in [0.25, 0.3) is 0 Å². The van der Waals surface area contributed by atoms with Crippen LogP contribution in [-0.2, 0) is 4.74 Å². The zero-order valence-corrected chi connectivity index (χ0v) is 17.6. The van der Waals surface area contributed by atoms with Gasteiger partial charge in [-0.1, -0.05) is 53.6 Å². The highest BCUT2D eigenvalue weighted by Gasteiger charge is 2.23. The lowest BCUT2D eigenvalue weighted by Gasteiger charge is -2.29. The number of nitrogens with zero attached hydrogens (tertiary/aromatic N) is 1. The fraction of sp³-hybridized carbons (Fsp3) is 0.650. The van der Waals surface area contributed by atoms with Gasteiger partial charge in [0.2, 0.25) is 0 Å². The maximum absolute atomic E-state index is 12.4. The van der Waals surface area contributed by atoms with Crippen LogP contribution in [0.3, 0.4) is 0 Å². The Morgan fingerprint density at radius 3 is 2.67 bits per heavy atom. The first-order chi connectivity index (χ1) is 11.1. The van der Waals surface area contributed by atoms with Crippen molar-refractivity contribution in [2.45, 2.75) is 66.4 Å². The van der Waals surface area contributed by atoms with Crippen LogP contribution in [0.1, 0.15) is 60.8 Å². The molecule has 3 nitrogen and oxygen atoms in total. The molecule has 0 bridgehead atoms. The number of halogens is 1. The van der Waals surface area contributed by atoms with Gasteiger partial charge in [0.25, 0.3) is 0 Å². The molecule has 0 N–H and O–H groups in total. The van der Waals surface area contributed by atoms with Gasteiger partial charge in [-0.05, 0) is 58.4 Å². The fourth-order valence-corrected chi connectivity index (χ4v) is 3.21. The monoisotopic (exact) mass is 397 g/mol. The van der Waals surface area contributed by atoms with Crippen molar-refractivity contribution < 1.29 is 9.53 Å². The Labute approximate surface area is 156 Å². The highest BCUT2D eigenvalue weighted by molar-refractivity contribution is 9.12. The third-order valence-corrected chi connectivity index (χ3v) is 4.96. The Bertz CT molecular complexity index is 526. The summed E-state index contributed by atoms with van der Waals surface area (Å²) in [4.78, 5) is 14.3. The van der Waals surface area contributed by atoms with Crippen LogP contribution in [0, 0.1) is 5.92 Å². The lowest BCUT2D eigenvalue weighted by molar-refractivity contribution is 0.0224. The van der Waals surface area contributed by atoms with Crippen molar-refractivity contribution in [2.75, 3.05) is 13.1 Å². The number of allylic oxidation sites excluding steroid dienone is 6. The maximum Gasteiger partial charge on any atom is 0.410 e. The minimum atomic E-state index is -0.453. The van der Waals surface area contributed by atoms with E-state index in [1.807, 2.05) is 25.7 Å². The number of hydrogen-bond acceptors (Lipinski definition) is 2. The zero-order valence-electron chi connectivity index (χ0n) is 16.0. The normalized spacial score (nSPS) is 16.5. The Morgan fingerprint density at radius 2 is 2.08 bits per heavy atom. The Balaban J connectivity index is 2.73. The van der Waals surface area contributed by atoms with Crippen LogP contribution in [0.5, 0.6) is 0 Å². The first-order valence-corrected chi connectivity index (χ1v) is 9.62. The molecule has 0 radical (unpaired) electrons. The van der Waals surface area contributed by atoms with Gasteiger partial charge in [0.05, 0.1) is 0 Å². The highest BCUT2D eigenvalue weighted by atomic mass is 79.9. The molecule has 0 saturated heterocycles. The van der Waals surface area contributed by atoms with Crippen LogP contribution in [-0.4, -0.2) is 29.7 Å². The SMILES string of the molecule is CCCN(CC(C)CC1=C(Br)C(C)=CC=CC1)C(=O)OC(C)(C)C. The second kappa shape index (κ2) is 9.45. The average Bonchev–Trinajstić information content (AvgIpc) is 2.60. The molecule has 0 saturated carbocycles. The molecule has 1 aliphatic carbocycles. The summed E-state index contributed by atoms with van der Waals surface area (Å²) in [7, 11) is 0. The summed E-state index contributed by atoms with van der Waals surface area (Å²) in [5.74, 6) is 0.380. The van der Waals surface area contributed by atoms with Gasteiger partial charge in [0.1, 0.15) is 5.60 Å². The molecule has 0 aromatic carbocycles. The molecule has 1 aliphatic rings. The molecule has 0 spiro atoms. The molecule has 136 valence electrons. The predicted octanol–water partition coefficient (Wildman–Crippen LogP) is 6.21. The molecule has 0 aromatic rings. The van der Waals surface area contributed by atoms with E-state index in [0.29, 0.717) is 5.92 Å². The molecule has 1 atom stereocenters. The van der Waals surface area contributed by atoms with E-state index >= 15 is 0 Å². The van der Waals surface area contributed by atoms with E-state index in [0.717, 1.165) is 32.4 Å². The third kappa shape index (κ3) is 7.25. The van der Waals surface area contributed by atoms with Gasteiger partial charge in [-0.3, -0.25) is 0 Å². The molecule has 4 heteroatoms. The van der Waals surface area contributed by atoms with Gasteiger partial charge in [0, 0.05) is 17.6 Å². The van der Waals surface area contributed by atoms with E-state index < -0.39 is 5.60 Å². The van der Waals surface area contributed by atoms with E-state index in [4.69, 9.17) is 4.74 Å². The van der Waals surface area contributed by atoms with E-state index in [1.165, 1.54) is 15.6 Å². The Hall–Kier alpha value is -1.03.